The van der Waals surface area contributed by atoms with Crippen LogP contribution in [-0.2, 0) is 20.9 Å². The summed E-state index contributed by atoms with van der Waals surface area (Å²) in [5.74, 6) is 1.48. The Morgan fingerprint density at radius 1 is 1.10 bits per heavy atom. The molecule has 0 saturated heterocycles. The smallest absolute Gasteiger partial charge is 0.259 e. The van der Waals surface area contributed by atoms with E-state index in [1.807, 2.05) is 49.4 Å². The summed E-state index contributed by atoms with van der Waals surface area (Å²) in [4.78, 5) is 50.7. The molecule has 3 amide bonds. The van der Waals surface area contributed by atoms with E-state index in [-0.39, 0.29) is 48.6 Å². The number of aliphatic imine (C=N–C) groups is 2. The molecule has 0 radical (unpaired) electrons. The van der Waals surface area contributed by atoms with Gasteiger partial charge in [0.2, 0.25) is 18.6 Å². The lowest BCUT2D eigenvalue weighted by Crippen LogP contribution is -2.45. The van der Waals surface area contributed by atoms with Gasteiger partial charge >= 0.3 is 0 Å². The molecule has 0 aromatic heterocycles. The number of para-hydroxylation sites is 1. The quantitative estimate of drug-likeness (QED) is 0.446. The zero-order valence-electron chi connectivity index (χ0n) is 23.6. The van der Waals surface area contributed by atoms with E-state index in [1.165, 1.54) is 18.2 Å². The van der Waals surface area contributed by atoms with Crippen molar-refractivity contribution in [2.24, 2.45) is 9.98 Å². The summed E-state index contributed by atoms with van der Waals surface area (Å²) in [6.45, 7) is 2.51. The molecule has 0 bridgehead atoms. The maximum atomic E-state index is 13.7. The number of rotatable bonds is 9. The molecular weight excluding hydrogens is 554 g/mol. The Kier molecular flexibility index (Phi) is 8.46. The summed E-state index contributed by atoms with van der Waals surface area (Å²) in [6.07, 6.45) is 6.53. The van der Waals surface area contributed by atoms with Crippen LogP contribution in [0, 0.1) is 0 Å². The molecule has 0 spiro atoms. The predicted octanol–water partition coefficient (Wildman–Crippen LogP) is 4.43. The normalized spacial score (nSPS) is 19.9. The van der Waals surface area contributed by atoms with E-state index in [0.717, 1.165) is 36.8 Å². The number of hydrogen-bond acceptors (Lipinski definition) is 8. The third kappa shape index (κ3) is 6.01. The summed E-state index contributed by atoms with van der Waals surface area (Å²) in [5, 5.41) is 6.21. The van der Waals surface area contributed by atoms with Crippen molar-refractivity contribution in [3.05, 3.63) is 53.6 Å². The summed E-state index contributed by atoms with van der Waals surface area (Å²) >= 11 is 1.31. The first-order valence-electron chi connectivity index (χ1n) is 14.7. The van der Waals surface area contributed by atoms with Crippen LogP contribution in [0.1, 0.15) is 69.4 Å². The number of fused-ring (bicyclic) bond motifs is 4. The SMILES string of the molecule is CC[C@@H](SC1=Nc2ccccc2C2=N[C@H](CCC(=O)NCc3ccc4c(c3)OCO4)C(=O)N12)C(=O)NC1CCCCC1. The molecule has 1 fully saturated rings. The van der Waals surface area contributed by atoms with Crippen LogP contribution in [-0.4, -0.2) is 57.8 Å². The first-order valence-corrected chi connectivity index (χ1v) is 15.6. The van der Waals surface area contributed by atoms with Crippen molar-refractivity contribution < 1.29 is 23.9 Å². The molecule has 42 heavy (non-hydrogen) atoms. The third-order valence-corrected chi connectivity index (χ3v) is 9.30. The minimum absolute atomic E-state index is 0.0169. The highest BCUT2D eigenvalue weighted by Gasteiger charge is 2.42. The Hall–Kier alpha value is -3.86. The van der Waals surface area contributed by atoms with Crippen molar-refractivity contribution in [1.29, 1.82) is 0 Å². The number of thioether (sulfide) groups is 1. The molecule has 2 atom stereocenters. The van der Waals surface area contributed by atoms with Crippen LogP contribution in [0.3, 0.4) is 0 Å². The van der Waals surface area contributed by atoms with Gasteiger partial charge in [0.1, 0.15) is 11.9 Å². The largest absolute Gasteiger partial charge is 0.454 e. The number of benzene rings is 2. The zero-order valence-corrected chi connectivity index (χ0v) is 24.5. The molecule has 6 rings (SSSR count). The highest BCUT2D eigenvalue weighted by Crippen LogP contribution is 2.36. The number of nitrogens with one attached hydrogen (secondary N) is 2. The average Bonchev–Trinajstić information content (AvgIpc) is 3.62. The standard InChI is InChI=1S/C31H35N5O5S/c1-2-26(29(38)33-20-8-4-3-5-9-20)42-31-35-22-11-7-6-10-21(22)28-34-23(30(39)36(28)31)13-15-27(37)32-17-19-12-14-24-25(16-19)41-18-40-24/h6-7,10-12,14,16,20,23,26H,2-5,8-9,13,15,17-18H2,1H3,(H,32,37)(H,33,38)/t23-,26-/m1/s1. The maximum Gasteiger partial charge on any atom is 0.259 e. The minimum Gasteiger partial charge on any atom is -0.454 e. The molecule has 10 nitrogen and oxygen atoms in total. The summed E-state index contributed by atoms with van der Waals surface area (Å²) in [5.41, 5.74) is 2.38. The third-order valence-electron chi connectivity index (χ3n) is 7.98. The van der Waals surface area contributed by atoms with Gasteiger partial charge in [0, 0.05) is 24.6 Å². The van der Waals surface area contributed by atoms with Gasteiger partial charge in [-0.3, -0.25) is 19.4 Å². The molecule has 0 unspecified atom stereocenters. The van der Waals surface area contributed by atoms with Crippen LogP contribution < -0.4 is 20.1 Å². The van der Waals surface area contributed by atoms with Crippen molar-refractivity contribution >= 4 is 46.2 Å². The molecule has 2 aromatic carbocycles. The van der Waals surface area contributed by atoms with Crippen molar-refractivity contribution in [3.8, 4) is 11.5 Å². The Morgan fingerprint density at radius 2 is 1.90 bits per heavy atom. The van der Waals surface area contributed by atoms with Gasteiger partial charge in [-0.2, -0.15) is 0 Å². The van der Waals surface area contributed by atoms with Gasteiger partial charge in [-0.1, -0.05) is 56.1 Å². The molecule has 1 aliphatic carbocycles. The second kappa shape index (κ2) is 12.6. The highest BCUT2D eigenvalue weighted by molar-refractivity contribution is 8.15. The monoisotopic (exact) mass is 589 g/mol. The number of ether oxygens (including phenoxy) is 2. The highest BCUT2D eigenvalue weighted by atomic mass is 32.2. The molecule has 2 aromatic rings. The van der Waals surface area contributed by atoms with Gasteiger partial charge in [-0.25, -0.2) is 9.89 Å². The topological polar surface area (TPSA) is 122 Å². The van der Waals surface area contributed by atoms with E-state index in [0.29, 0.717) is 41.2 Å². The van der Waals surface area contributed by atoms with E-state index in [9.17, 15) is 14.4 Å². The van der Waals surface area contributed by atoms with Crippen LogP contribution in [0.2, 0.25) is 0 Å². The van der Waals surface area contributed by atoms with Gasteiger partial charge in [-0.15, -0.1) is 0 Å². The van der Waals surface area contributed by atoms with E-state index in [4.69, 9.17) is 19.5 Å². The lowest BCUT2D eigenvalue weighted by atomic mass is 9.95. The molecular formula is C31H35N5O5S. The fraction of sp³-hybridized carbons (Fsp3) is 0.452. The van der Waals surface area contributed by atoms with Crippen molar-refractivity contribution in [2.75, 3.05) is 6.79 Å². The number of amides is 3. The molecule has 4 aliphatic rings. The molecule has 3 heterocycles. The fourth-order valence-corrected chi connectivity index (χ4v) is 6.70. The Bertz CT molecular complexity index is 1440. The van der Waals surface area contributed by atoms with E-state index >= 15 is 0 Å². The van der Waals surface area contributed by atoms with Crippen LogP contribution >= 0.6 is 11.8 Å². The summed E-state index contributed by atoms with van der Waals surface area (Å²) < 4.78 is 10.7. The summed E-state index contributed by atoms with van der Waals surface area (Å²) in [7, 11) is 0. The fourth-order valence-electron chi connectivity index (χ4n) is 5.67. The van der Waals surface area contributed by atoms with Crippen LogP contribution in [0.4, 0.5) is 5.69 Å². The number of amidine groups is 2. The van der Waals surface area contributed by atoms with E-state index < -0.39 is 6.04 Å². The van der Waals surface area contributed by atoms with Gasteiger partial charge in [0.15, 0.2) is 16.7 Å². The van der Waals surface area contributed by atoms with Crippen molar-refractivity contribution in [2.45, 2.75) is 82.2 Å². The molecule has 11 heteroatoms. The first-order chi connectivity index (χ1) is 20.5. The maximum absolute atomic E-state index is 13.7. The van der Waals surface area contributed by atoms with Crippen LogP contribution in [0.15, 0.2) is 52.4 Å². The van der Waals surface area contributed by atoms with Gasteiger partial charge < -0.3 is 20.1 Å². The average molecular weight is 590 g/mol. The second-order valence-electron chi connectivity index (χ2n) is 10.9. The number of hydrogen-bond donors (Lipinski definition) is 2. The van der Waals surface area contributed by atoms with Gasteiger partial charge in [0.25, 0.3) is 5.91 Å². The Labute approximate surface area is 249 Å². The van der Waals surface area contributed by atoms with E-state index in [1.54, 1.807) is 4.90 Å². The number of carbonyl (C=O) groups excluding carboxylic acids is 3. The van der Waals surface area contributed by atoms with Crippen molar-refractivity contribution in [3.63, 3.8) is 0 Å². The summed E-state index contributed by atoms with van der Waals surface area (Å²) in [6, 6.07) is 12.6. The van der Waals surface area contributed by atoms with Crippen molar-refractivity contribution in [1.82, 2.24) is 15.5 Å². The second-order valence-corrected chi connectivity index (χ2v) is 12.1. The first kappa shape index (κ1) is 28.3. The lowest BCUT2D eigenvalue weighted by Gasteiger charge is -2.29. The number of carbonyl (C=O) groups is 3. The zero-order chi connectivity index (χ0) is 29.1. The minimum atomic E-state index is -0.704. The molecule has 3 aliphatic heterocycles. The number of nitrogens with zero attached hydrogens (tertiary/aromatic N) is 3. The predicted molar refractivity (Wildman–Crippen MR) is 161 cm³/mol. The molecule has 220 valence electrons. The molecule has 1 saturated carbocycles. The van der Waals surface area contributed by atoms with Gasteiger partial charge in [0.05, 0.1) is 10.9 Å². The van der Waals surface area contributed by atoms with Gasteiger partial charge in [-0.05, 0) is 55.5 Å². The van der Waals surface area contributed by atoms with E-state index in [2.05, 4.69) is 10.6 Å². The Morgan fingerprint density at radius 3 is 2.74 bits per heavy atom. The Balaban J connectivity index is 1.11. The lowest BCUT2D eigenvalue weighted by molar-refractivity contribution is -0.125. The van der Waals surface area contributed by atoms with Crippen LogP contribution in [0.25, 0.3) is 0 Å². The molecule has 2 N–H and O–H groups in total. The van der Waals surface area contributed by atoms with Crippen LogP contribution in [0.5, 0.6) is 11.5 Å².